The molecule has 2 heterocycles. The standard InChI is InChI=1S/2C12H14N2O3S/c2*1-8(15)14-11(17-2)10(13-12(14)16)18-9-6-4-3-5-7-9/h2*3-7,10-11H,1-2H3,(H,13,16)/t2*10-,11+/m10/s1. The van der Waals surface area contributed by atoms with Crippen molar-refractivity contribution in [3.05, 3.63) is 60.7 Å². The van der Waals surface area contributed by atoms with Crippen LogP contribution in [-0.2, 0) is 19.1 Å². The van der Waals surface area contributed by atoms with Crippen molar-refractivity contribution in [2.75, 3.05) is 14.2 Å². The van der Waals surface area contributed by atoms with Gasteiger partial charge < -0.3 is 20.1 Å². The van der Waals surface area contributed by atoms with Crippen LogP contribution in [0, 0.1) is 0 Å². The number of carbonyl (C=O) groups excluding carboxylic acids is 4. The van der Waals surface area contributed by atoms with E-state index in [4.69, 9.17) is 9.47 Å². The van der Waals surface area contributed by atoms with Gasteiger partial charge in [-0.05, 0) is 24.3 Å². The van der Waals surface area contributed by atoms with Crippen LogP contribution in [0.15, 0.2) is 70.5 Å². The van der Waals surface area contributed by atoms with Crippen LogP contribution in [0.1, 0.15) is 13.8 Å². The molecule has 2 fully saturated rings. The van der Waals surface area contributed by atoms with E-state index < -0.39 is 24.5 Å². The van der Waals surface area contributed by atoms with Gasteiger partial charge in [0.15, 0.2) is 12.5 Å². The second kappa shape index (κ2) is 12.8. The Balaban J connectivity index is 0.000000201. The van der Waals surface area contributed by atoms with Crippen molar-refractivity contribution in [2.24, 2.45) is 0 Å². The molecular weight excluding hydrogens is 504 g/mol. The number of amides is 6. The summed E-state index contributed by atoms with van der Waals surface area (Å²) in [5.74, 6) is -0.647. The number of nitrogens with one attached hydrogen (secondary N) is 2. The molecule has 6 amide bonds. The summed E-state index contributed by atoms with van der Waals surface area (Å²) in [5.41, 5.74) is 0. The first-order chi connectivity index (χ1) is 17.3. The molecule has 0 spiro atoms. The van der Waals surface area contributed by atoms with Gasteiger partial charge in [0.1, 0.15) is 10.7 Å². The van der Waals surface area contributed by atoms with Crippen molar-refractivity contribution in [3.8, 4) is 0 Å². The van der Waals surface area contributed by atoms with Gasteiger partial charge in [-0.15, -0.1) is 0 Å². The molecule has 10 nitrogen and oxygen atoms in total. The van der Waals surface area contributed by atoms with Gasteiger partial charge in [0.2, 0.25) is 11.8 Å². The molecule has 0 aromatic heterocycles. The van der Waals surface area contributed by atoms with Crippen molar-refractivity contribution in [1.82, 2.24) is 20.4 Å². The van der Waals surface area contributed by atoms with Gasteiger partial charge in [0, 0.05) is 37.9 Å². The number of rotatable bonds is 6. The lowest BCUT2D eigenvalue weighted by molar-refractivity contribution is -0.134. The third-order valence-corrected chi connectivity index (χ3v) is 7.47. The van der Waals surface area contributed by atoms with Crippen LogP contribution in [0.2, 0.25) is 0 Å². The fraction of sp³-hybridized carbons (Fsp3) is 0.333. The van der Waals surface area contributed by atoms with Crippen LogP contribution in [0.3, 0.4) is 0 Å². The minimum atomic E-state index is -0.583. The fourth-order valence-electron chi connectivity index (χ4n) is 3.60. The summed E-state index contributed by atoms with van der Waals surface area (Å²) in [5, 5.41) is 4.88. The molecule has 12 heteroatoms. The van der Waals surface area contributed by atoms with Crippen molar-refractivity contribution in [1.29, 1.82) is 0 Å². The minimum Gasteiger partial charge on any atom is -0.358 e. The zero-order valence-corrected chi connectivity index (χ0v) is 21.9. The first kappa shape index (κ1) is 27.5. The van der Waals surface area contributed by atoms with Crippen molar-refractivity contribution in [3.63, 3.8) is 0 Å². The largest absolute Gasteiger partial charge is 0.358 e. The zero-order valence-electron chi connectivity index (χ0n) is 20.2. The predicted octanol–water partition coefficient (Wildman–Crippen LogP) is 3.30. The Labute approximate surface area is 218 Å². The number of nitrogens with zero attached hydrogens (tertiary/aromatic N) is 2. The maximum absolute atomic E-state index is 11.7. The van der Waals surface area contributed by atoms with Crippen molar-refractivity contribution in [2.45, 2.75) is 46.8 Å². The van der Waals surface area contributed by atoms with E-state index >= 15 is 0 Å². The summed E-state index contributed by atoms with van der Waals surface area (Å²) in [6.07, 6.45) is -1.17. The molecule has 36 heavy (non-hydrogen) atoms. The van der Waals surface area contributed by atoms with E-state index in [0.717, 1.165) is 19.6 Å². The van der Waals surface area contributed by atoms with Crippen LogP contribution < -0.4 is 10.6 Å². The lowest BCUT2D eigenvalue weighted by atomic mass is 10.4. The first-order valence-corrected chi connectivity index (χ1v) is 12.7. The second-order valence-electron chi connectivity index (χ2n) is 7.63. The topological polar surface area (TPSA) is 117 Å². The van der Waals surface area contributed by atoms with Crippen molar-refractivity contribution < 1.29 is 28.7 Å². The molecule has 0 aliphatic carbocycles. The Bertz CT molecular complexity index is 989. The van der Waals surface area contributed by atoms with Gasteiger partial charge in [-0.1, -0.05) is 59.9 Å². The van der Waals surface area contributed by atoms with E-state index in [2.05, 4.69) is 10.6 Å². The predicted molar refractivity (Wildman–Crippen MR) is 136 cm³/mol. The Morgan fingerprint density at radius 1 is 0.694 bits per heavy atom. The molecule has 192 valence electrons. The molecule has 0 bridgehead atoms. The Hall–Kier alpha value is -3.06. The molecule has 2 N–H and O–H groups in total. The van der Waals surface area contributed by atoms with E-state index in [1.807, 2.05) is 60.7 Å². The number of imide groups is 2. The number of methoxy groups -OCH3 is 2. The lowest BCUT2D eigenvalue weighted by Crippen LogP contribution is -2.40. The Morgan fingerprint density at radius 2 is 1.03 bits per heavy atom. The summed E-state index contributed by atoms with van der Waals surface area (Å²) in [6, 6.07) is 18.5. The Morgan fingerprint density at radius 3 is 1.31 bits per heavy atom. The highest BCUT2D eigenvalue weighted by Gasteiger charge is 2.43. The third kappa shape index (κ3) is 6.58. The first-order valence-electron chi connectivity index (χ1n) is 11.0. The molecule has 2 aliphatic heterocycles. The van der Waals surface area contributed by atoms with Crippen LogP contribution in [0.25, 0.3) is 0 Å². The average molecular weight is 533 g/mol. The number of thioether (sulfide) groups is 2. The smallest absolute Gasteiger partial charge is 0.327 e. The monoisotopic (exact) mass is 532 g/mol. The maximum Gasteiger partial charge on any atom is 0.327 e. The second-order valence-corrected chi connectivity index (χ2v) is 10.1. The third-order valence-electron chi connectivity index (χ3n) is 5.17. The number of urea groups is 2. The SMILES string of the molecule is CO[C@@H]1[C@H](Sc2ccccc2)NC(=O)N1C(C)=O.CO[C@H]1[C@@H](Sc2ccccc2)NC(=O)N1C(C)=O. The zero-order chi connectivity index (χ0) is 26.2. The summed E-state index contributed by atoms with van der Waals surface area (Å²) >= 11 is 2.92. The molecule has 4 rings (SSSR count). The van der Waals surface area contributed by atoms with Crippen LogP contribution in [-0.4, -0.2) is 71.1 Å². The molecule has 0 saturated carbocycles. The lowest BCUT2D eigenvalue weighted by Gasteiger charge is -2.21. The number of benzene rings is 2. The summed E-state index contributed by atoms with van der Waals surface area (Å²) in [4.78, 5) is 50.4. The Kier molecular flexibility index (Phi) is 9.76. The molecule has 2 aromatic carbocycles. The highest BCUT2D eigenvalue weighted by Crippen LogP contribution is 2.31. The van der Waals surface area contributed by atoms with Crippen LogP contribution in [0.4, 0.5) is 9.59 Å². The summed E-state index contributed by atoms with van der Waals surface area (Å²) < 4.78 is 10.5. The molecule has 2 aliphatic rings. The molecule has 4 atom stereocenters. The van der Waals surface area contributed by atoms with Gasteiger partial charge in [0.05, 0.1) is 0 Å². The molecule has 0 radical (unpaired) electrons. The van der Waals surface area contributed by atoms with Crippen molar-refractivity contribution >= 4 is 47.4 Å². The van der Waals surface area contributed by atoms with Gasteiger partial charge in [0.25, 0.3) is 0 Å². The van der Waals surface area contributed by atoms with E-state index in [9.17, 15) is 19.2 Å². The van der Waals surface area contributed by atoms with Gasteiger partial charge in [-0.25, -0.2) is 19.4 Å². The van der Waals surface area contributed by atoms with Gasteiger partial charge in [-0.3, -0.25) is 9.59 Å². The highest BCUT2D eigenvalue weighted by atomic mass is 32.2. The normalized spacial score (nSPS) is 23.0. The summed E-state index contributed by atoms with van der Waals surface area (Å²) in [6.45, 7) is 2.70. The van der Waals surface area contributed by atoms with E-state index in [1.54, 1.807) is 0 Å². The number of carbonyl (C=O) groups is 4. The minimum absolute atomic E-state index is 0.297. The van der Waals surface area contributed by atoms with E-state index in [1.165, 1.54) is 51.6 Å². The summed E-state index contributed by atoms with van der Waals surface area (Å²) in [7, 11) is 2.97. The quantitative estimate of drug-likeness (QED) is 0.582. The average Bonchev–Trinajstić information content (AvgIpc) is 3.35. The molecular formula is C24H28N4O6S2. The number of hydrogen-bond donors (Lipinski definition) is 2. The van der Waals surface area contributed by atoms with E-state index in [-0.39, 0.29) is 22.6 Å². The van der Waals surface area contributed by atoms with E-state index in [0.29, 0.717) is 0 Å². The van der Waals surface area contributed by atoms with Gasteiger partial charge in [-0.2, -0.15) is 0 Å². The molecule has 0 unspecified atom stereocenters. The number of ether oxygens (including phenoxy) is 2. The van der Waals surface area contributed by atoms with Crippen LogP contribution >= 0.6 is 23.5 Å². The number of hydrogen-bond acceptors (Lipinski definition) is 8. The molecule has 2 saturated heterocycles. The maximum atomic E-state index is 11.7. The van der Waals surface area contributed by atoms with Crippen LogP contribution in [0.5, 0.6) is 0 Å². The fourth-order valence-corrected chi connectivity index (χ4v) is 5.83. The highest BCUT2D eigenvalue weighted by molar-refractivity contribution is 8.00. The molecule has 2 aromatic rings. The van der Waals surface area contributed by atoms with Gasteiger partial charge >= 0.3 is 12.1 Å².